The summed E-state index contributed by atoms with van der Waals surface area (Å²) in [6, 6.07) is 0. The molecule has 1 heteroatoms. The molecule has 0 aromatic rings. The molecule has 1 aliphatic rings. The van der Waals surface area contributed by atoms with E-state index in [1.807, 2.05) is 13.0 Å². The first kappa shape index (κ1) is 10.3. The van der Waals surface area contributed by atoms with Crippen molar-refractivity contribution in [2.75, 3.05) is 0 Å². The van der Waals surface area contributed by atoms with Crippen molar-refractivity contribution < 1.29 is 32.7 Å². The Balaban J connectivity index is 0.000000810. The molecule has 0 saturated carbocycles. The summed E-state index contributed by atoms with van der Waals surface area (Å²) >= 11 is 0. The maximum atomic E-state index is 3.68. The van der Waals surface area contributed by atoms with Crippen LogP contribution >= 0.6 is 0 Å². The van der Waals surface area contributed by atoms with E-state index < -0.39 is 0 Å². The van der Waals surface area contributed by atoms with E-state index in [-0.39, 0.29) is 32.7 Å². The van der Waals surface area contributed by atoms with Crippen LogP contribution in [0.5, 0.6) is 0 Å². The summed E-state index contributed by atoms with van der Waals surface area (Å²) in [6.45, 7) is 5.73. The summed E-state index contributed by atoms with van der Waals surface area (Å²) in [4.78, 5) is 0. The van der Waals surface area contributed by atoms with Crippen molar-refractivity contribution in [3.8, 4) is 0 Å². The van der Waals surface area contributed by atoms with Crippen LogP contribution in [-0.2, 0) is 32.7 Å². The third-order valence-corrected chi connectivity index (χ3v) is 1.58. The fourth-order valence-electron chi connectivity index (χ4n) is 0.970. The minimum absolute atomic E-state index is 0. The first-order valence-electron chi connectivity index (χ1n) is 3.27. The van der Waals surface area contributed by atoms with Gasteiger partial charge in [0.2, 0.25) is 0 Å². The van der Waals surface area contributed by atoms with Gasteiger partial charge in [-0.25, -0.2) is 0 Å². The van der Waals surface area contributed by atoms with E-state index in [1.165, 1.54) is 11.1 Å². The average molecular weight is 208 g/mol. The predicted octanol–water partition coefficient (Wildman–Crippen LogP) is 2.64. The van der Waals surface area contributed by atoms with Crippen molar-refractivity contribution in [3.05, 3.63) is 36.0 Å². The minimum atomic E-state index is 0. The van der Waals surface area contributed by atoms with E-state index in [0.717, 1.165) is 12.8 Å². The third kappa shape index (κ3) is 2.52. The molecule has 0 unspecified atom stereocenters. The van der Waals surface area contributed by atoms with E-state index in [9.17, 15) is 0 Å². The SMILES string of the molecule is C=CC1=[C-]C(=CC)CC1.[Y]. The molecule has 0 aromatic carbocycles. The van der Waals surface area contributed by atoms with Gasteiger partial charge < -0.3 is 0 Å². The molecule has 51 valence electrons. The zero-order valence-corrected chi connectivity index (χ0v) is 9.19. The first-order chi connectivity index (χ1) is 4.36. The molecule has 0 bridgehead atoms. The summed E-state index contributed by atoms with van der Waals surface area (Å²) in [5, 5.41) is 0. The van der Waals surface area contributed by atoms with Crippen molar-refractivity contribution in [2.45, 2.75) is 19.8 Å². The largest absolute Gasteiger partial charge is 0.179 e. The number of hydrogen-bond donors (Lipinski definition) is 0. The van der Waals surface area contributed by atoms with E-state index in [2.05, 4.69) is 18.7 Å². The second-order valence-corrected chi connectivity index (χ2v) is 2.17. The molecular formula is C9H11Y-. The Labute approximate surface area is 88.0 Å². The third-order valence-electron chi connectivity index (χ3n) is 1.58. The zero-order valence-electron chi connectivity index (χ0n) is 6.35. The van der Waals surface area contributed by atoms with Crippen LogP contribution < -0.4 is 0 Å². The van der Waals surface area contributed by atoms with Crippen LogP contribution in [0.15, 0.2) is 29.9 Å². The van der Waals surface area contributed by atoms with Crippen LogP contribution in [0.25, 0.3) is 0 Å². The van der Waals surface area contributed by atoms with Gasteiger partial charge in [0.25, 0.3) is 0 Å². The van der Waals surface area contributed by atoms with E-state index in [0.29, 0.717) is 0 Å². The molecule has 1 aliphatic carbocycles. The van der Waals surface area contributed by atoms with Gasteiger partial charge in [-0.3, -0.25) is 0 Å². The molecule has 0 fully saturated rings. The van der Waals surface area contributed by atoms with Crippen LogP contribution in [0.2, 0.25) is 0 Å². The van der Waals surface area contributed by atoms with Gasteiger partial charge in [0.05, 0.1) is 0 Å². The fourth-order valence-corrected chi connectivity index (χ4v) is 0.970. The maximum Gasteiger partial charge on any atom is 0 e. The van der Waals surface area contributed by atoms with Gasteiger partial charge in [0, 0.05) is 32.7 Å². The maximum absolute atomic E-state index is 3.68. The molecule has 1 radical (unpaired) electrons. The number of rotatable bonds is 1. The number of allylic oxidation sites excluding steroid dienone is 5. The fraction of sp³-hybridized carbons (Fsp3) is 0.333. The Morgan fingerprint density at radius 2 is 2.20 bits per heavy atom. The van der Waals surface area contributed by atoms with Crippen molar-refractivity contribution >= 4 is 0 Å². The van der Waals surface area contributed by atoms with Gasteiger partial charge in [0.15, 0.2) is 0 Å². The summed E-state index contributed by atoms with van der Waals surface area (Å²) < 4.78 is 0. The molecule has 0 N–H and O–H groups in total. The smallest absolute Gasteiger partial charge is 0 e. The number of hydrogen-bond acceptors (Lipinski definition) is 0. The summed E-state index contributed by atoms with van der Waals surface area (Å²) in [5.41, 5.74) is 2.58. The van der Waals surface area contributed by atoms with Crippen LogP contribution in [0.4, 0.5) is 0 Å². The zero-order chi connectivity index (χ0) is 6.69. The van der Waals surface area contributed by atoms with Crippen LogP contribution in [0.3, 0.4) is 0 Å². The van der Waals surface area contributed by atoms with Crippen molar-refractivity contribution in [2.24, 2.45) is 0 Å². The Kier molecular flexibility index (Phi) is 5.20. The normalized spacial score (nSPS) is 20.1. The molecule has 0 aliphatic heterocycles. The van der Waals surface area contributed by atoms with Gasteiger partial charge in [-0.05, 0) is 12.8 Å². The van der Waals surface area contributed by atoms with E-state index in [1.54, 1.807) is 0 Å². The average Bonchev–Trinajstić information content (AvgIpc) is 2.34. The molecule has 0 atom stereocenters. The van der Waals surface area contributed by atoms with E-state index in [4.69, 9.17) is 0 Å². The molecule has 1 rings (SSSR count). The van der Waals surface area contributed by atoms with Gasteiger partial charge in [-0.15, -0.1) is 0 Å². The summed E-state index contributed by atoms with van der Waals surface area (Å²) in [7, 11) is 0. The topological polar surface area (TPSA) is 0 Å². The van der Waals surface area contributed by atoms with Crippen molar-refractivity contribution in [1.82, 2.24) is 0 Å². The Hall–Kier alpha value is 0.324. The summed E-state index contributed by atoms with van der Waals surface area (Å²) in [6.07, 6.45) is 9.52. The molecule has 0 amide bonds. The molecule has 10 heavy (non-hydrogen) atoms. The van der Waals surface area contributed by atoms with Gasteiger partial charge in [-0.1, -0.05) is 6.92 Å². The van der Waals surface area contributed by atoms with Gasteiger partial charge in [-0.2, -0.15) is 36.0 Å². The molecule has 0 saturated heterocycles. The second kappa shape index (κ2) is 5.04. The molecule has 0 aromatic heterocycles. The Morgan fingerprint density at radius 3 is 2.50 bits per heavy atom. The Morgan fingerprint density at radius 1 is 1.50 bits per heavy atom. The molecule has 0 nitrogen and oxygen atoms in total. The molecular weight excluding hydrogens is 197 g/mol. The Bertz CT molecular complexity index is 175. The quantitative estimate of drug-likeness (QED) is 0.581. The van der Waals surface area contributed by atoms with E-state index >= 15 is 0 Å². The van der Waals surface area contributed by atoms with Crippen molar-refractivity contribution in [1.29, 1.82) is 0 Å². The molecule has 0 heterocycles. The first-order valence-corrected chi connectivity index (χ1v) is 3.27. The molecule has 0 spiro atoms. The predicted molar refractivity (Wildman–Crippen MR) is 39.9 cm³/mol. The van der Waals surface area contributed by atoms with Crippen LogP contribution in [-0.4, -0.2) is 0 Å². The summed E-state index contributed by atoms with van der Waals surface area (Å²) in [5.74, 6) is 0. The monoisotopic (exact) mass is 208 g/mol. The standard InChI is InChI=1S/C9H11.Y/c1-3-8-5-6-9(4-2)7-8;/h3-4H,1,5-6H2,2H3;/q-1;. The van der Waals surface area contributed by atoms with Gasteiger partial charge >= 0.3 is 0 Å². The van der Waals surface area contributed by atoms with Crippen molar-refractivity contribution in [3.63, 3.8) is 0 Å². The van der Waals surface area contributed by atoms with Gasteiger partial charge in [0.1, 0.15) is 0 Å². The van der Waals surface area contributed by atoms with Crippen LogP contribution in [0, 0.1) is 6.08 Å². The van der Waals surface area contributed by atoms with Crippen LogP contribution in [0.1, 0.15) is 19.8 Å². The minimum Gasteiger partial charge on any atom is -0.179 e. The second-order valence-electron chi connectivity index (χ2n) is 2.17.